The van der Waals surface area contributed by atoms with E-state index in [2.05, 4.69) is 29.4 Å². The first-order valence-electron chi connectivity index (χ1n) is 10.0. The maximum Gasteiger partial charge on any atom is 0.268 e. The summed E-state index contributed by atoms with van der Waals surface area (Å²) in [5, 5.41) is 21.4. The van der Waals surface area contributed by atoms with Crippen molar-refractivity contribution in [3.05, 3.63) is 76.3 Å². The number of hydrogen-bond acceptors (Lipinski definition) is 6. The summed E-state index contributed by atoms with van der Waals surface area (Å²) in [6.45, 7) is 6.17. The largest absolute Gasteiger partial charge is 0.486 e. The fourth-order valence-electron chi connectivity index (χ4n) is 2.85. The molecule has 3 aromatic rings. The fourth-order valence-corrected chi connectivity index (χ4v) is 3.80. The van der Waals surface area contributed by atoms with Crippen LogP contribution in [-0.4, -0.2) is 16.1 Å². The van der Waals surface area contributed by atoms with Gasteiger partial charge in [-0.15, -0.1) is 10.2 Å². The van der Waals surface area contributed by atoms with Crippen molar-refractivity contribution in [2.75, 3.05) is 5.32 Å². The molecular weight excluding hydrogens is 408 g/mol. The second-order valence-electron chi connectivity index (χ2n) is 7.46. The number of carbonyl (C=O) groups is 1. The number of hydrogen-bond donors (Lipinski definition) is 1. The van der Waals surface area contributed by atoms with Crippen LogP contribution in [0.3, 0.4) is 0 Å². The Bertz CT molecular complexity index is 1080. The fraction of sp³-hybridized carbons (Fsp3) is 0.250. The van der Waals surface area contributed by atoms with Gasteiger partial charge in [0.1, 0.15) is 28.5 Å². The van der Waals surface area contributed by atoms with Gasteiger partial charge in [-0.1, -0.05) is 67.6 Å². The molecule has 1 heterocycles. The van der Waals surface area contributed by atoms with Crippen LogP contribution in [0, 0.1) is 17.2 Å². The smallest absolute Gasteiger partial charge is 0.268 e. The Morgan fingerprint density at radius 3 is 2.48 bits per heavy atom. The minimum Gasteiger partial charge on any atom is -0.486 e. The van der Waals surface area contributed by atoms with Gasteiger partial charge in [0.25, 0.3) is 5.91 Å². The van der Waals surface area contributed by atoms with E-state index < -0.39 is 5.91 Å². The minimum absolute atomic E-state index is 0.00747. The number of aromatic nitrogens is 2. The molecule has 0 aliphatic heterocycles. The maximum absolute atomic E-state index is 12.5. The molecule has 158 valence electrons. The molecule has 6 nitrogen and oxygen atoms in total. The Kier molecular flexibility index (Phi) is 7.52. The molecule has 0 saturated heterocycles. The minimum atomic E-state index is -0.507. The molecule has 1 atom stereocenters. The van der Waals surface area contributed by atoms with Gasteiger partial charge in [-0.2, -0.15) is 5.26 Å². The summed E-state index contributed by atoms with van der Waals surface area (Å²) in [6, 6.07) is 19.2. The summed E-state index contributed by atoms with van der Waals surface area (Å²) in [7, 11) is 0. The second-order valence-corrected chi connectivity index (χ2v) is 8.52. The number of nitrogens with one attached hydrogen (secondary N) is 1. The Morgan fingerprint density at radius 2 is 1.84 bits per heavy atom. The number of anilines is 1. The zero-order valence-corrected chi connectivity index (χ0v) is 18.5. The molecule has 0 aliphatic carbocycles. The number of amides is 1. The van der Waals surface area contributed by atoms with Crippen molar-refractivity contribution in [2.45, 2.75) is 33.3 Å². The molecule has 1 N–H and O–H groups in total. The van der Waals surface area contributed by atoms with Gasteiger partial charge in [0.05, 0.1) is 0 Å². The van der Waals surface area contributed by atoms with Crippen LogP contribution in [0.5, 0.6) is 5.75 Å². The van der Waals surface area contributed by atoms with Gasteiger partial charge >= 0.3 is 0 Å². The van der Waals surface area contributed by atoms with Crippen LogP contribution in [0.15, 0.2) is 60.2 Å². The number of rotatable bonds is 8. The Labute approximate surface area is 186 Å². The van der Waals surface area contributed by atoms with Gasteiger partial charge in [0.2, 0.25) is 5.13 Å². The monoisotopic (exact) mass is 432 g/mol. The number of carbonyl (C=O) groups excluding carboxylic acids is 1. The highest BCUT2D eigenvalue weighted by atomic mass is 32.1. The summed E-state index contributed by atoms with van der Waals surface area (Å²) in [5.74, 6) is 0.657. The quantitative estimate of drug-likeness (QED) is 0.379. The molecule has 1 amide bonds. The number of nitriles is 1. The van der Waals surface area contributed by atoms with E-state index in [1.165, 1.54) is 17.4 Å². The molecule has 1 unspecified atom stereocenters. The van der Waals surface area contributed by atoms with Gasteiger partial charge in [0, 0.05) is 6.42 Å². The lowest BCUT2D eigenvalue weighted by molar-refractivity contribution is -0.112. The molecule has 3 rings (SSSR count). The molecule has 0 saturated carbocycles. The van der Waals surface area contributed by atoms with Crippen LogP contribution in [0.2, 0.25) is 0 Å². The first-order chi connectivity index (χ1) is 14.9. The first-order valence-corrected chi connectivity index (χ1v) is 10.8. The predicted molar refractivity (Wildman–Crippen MR) is 123 cm³/mol. The van der Waals surface area contributed by atoms with Crippen molar-refractivity contribution in [2.24, 2.45) is 5.92 Å². The average molecular weight is 433 g/mol. The van der Waals surface area contributed by atoms with E-state index in [9.17, 15) is 10.1 Å². The number of benzene rings is 2. The maximum atomic E-state index is 12.5. The van der Waals surface area contributed by atoms with Crippen LogP contribution in [0.1, 0.15) is 43.0 Å². The third-order valence-corrected chi connectivity index (χ3v) is 5.27. The summed E-state index contributed by atoms with van der Waals surface area (Å²) >= 11 is 1.32. The van der Waals surface area contributed by atoms with Gasteiger partial charge in [-0.05, 0) is 42.2 Å². The molecule has 0 aliphatic rings. The third-order valence-electron chi connectivity index (χ3n) is 4.41. The lowest BCUT2D eigenvalue weighted by atomic mass is 10.1. The van der Waals surface area contributed by atoms with Crippen molar-refractivity contribution in [3.63, 3.8) is 0 Å². The van der Waals surface area contributed by atoms with E-state index in [1.807, 2.05) is 67.6 Å². The van der Waals surface area contributed by atoms with Crippen LogP contribution in [0.25, 0.3) is 6.08 Å². The van der Waals surface area contributed by atoms with E-state index in [-0.39, 0.29) is 11.7 Å². The Hall–Kier alpha value is -3.50. The molecule has 31 heavy (non-hydrogen) atoms. The lowest BCUT2D eigenvalue weighted by Crippen LogP contribution is -2.13. The SMILES string of the molecule is CC(C)Cc1nnc(NC(=O)/C(C#N)=C\c2ccc(OC(C)c3ccccc3)cc2)s1. The van der Waals surface area contributed by atoms with Crippen molar-refractivity contribution in [3.8, 4) is 11.8 Å². The highest BCUT2D eigenvalue weighted by molar-refractivity contribution is 7.15. The van der Waals surface area contributed by atoms with Crippen LogP contribution < -0.4 is 10.1 Å². The second kappa shape index (κ2) is 10.5. The van der Waals surface area contributed by atoms with E-state index in [0.29, 0.717) is 16.8 Å². The van der Waals surface area contributed by atoms with Crippen LogP contribution in [-0.2, 0) is 11.2 Å². The number of nitrogens with zero attached hydrogens (tertiary/aromatic N) is 3. The summed E-state index contributed by atoms with van der Waals surface area (Å²) in [5.41, 5.74) is 1.80. The molecule has 0 radical (unpaired) electrons. The Morgan fingerprint density at radius 1 is 1.13 bits per heavy atom. The molecule has 2 aromatic carbocycles. The van der Waals surface area contributed by atoms with Gasteiger partial charge in [0.15, 0.2) is 0 Å². The van der Waals surface area contributed by atoms with E-state index in [1.54, 1.807) is 0 Å². The average Bonchev–Trinajstić information content (AvgIpc) is 3.19. The third kappa shape index (κ3) is 6.49. The molecule has 0 fully saturated rings. The summed E-state index contributed by atoms with van der Waals surface area (Å²) in [4.78, 5) is 12.5. The summed E-state index contributed by atoms with van der Waals surface area (Å²) < 4.78 is 5.96. The van der Waals surface area contributed by atoms with Crippen molar-refractivity contribution < 1.29 is 9.53 Å². The highest BCUT2D eigenvalue weighted by Crippen LogP contribution is 2.23. The van der Waals surface area contributed by atoms with Crippen molar-refractivity contribution >= 4 is 28.5 Å². The van der Waals surface area contributed by atoms with Gasteiger partial charge < -0.3 is 4.74 Å². The zero-order chi connectivity index (χ0) is 22.2. The molecule has 7 heteroatoms. The molecular formula is C24H24N4O2S. The summed E-state index contributed by atoms with van der Waals surface area (Å²) in [6.07, 6.45) is 2.25. The van der Waals surface area contributed by atoms with Crippen LogP contribution in [0.4, 0.5) is 5.13 Å². The molecule has 0 bridgehead atoms. The van der Waals surface area contributed by atoms with Crippen molar-refractivity contribution in [1.29, 1.82) is 5.26 Å². The molecule has 1 aromatic heterocycles. The van der Waals surface area contributed by atoms with Crippen LogP contribution >= 0.6 is 11.3 Å². The lowest BCUT2D eigenvalue weighted by Gasteiger charge is -2.15. The topological polar surface area (TPSA) is 87.9 Å². The number of ether oxygens (including phenoxy) is 1. The Balaban J connectivity index is 1.64. The first kappa shape index (κ1) is 22.2. The van der Waals surface area contributed by atoms with E-state index in [4.69, 9.17) is 4.74 Å². The molecule has 0 spiro atoms. The zero-order valence-electron chi connectivity index (χ0n) is 17.7. The standard InChI is InChI=1S/C24H24N4O2S/c1-16(2)13-22-27-28-24(31-22)26-23(29)20(15-25)14-18-9-11-21(12-10-18)30-17(3)19-7-5-4-6-8-19/h4-12,14,16-17H,13H2,1-3H3,(H,26,28,29)/b20-14-. The van der Waals surface area contributed by atoms with E-state index in [0.717, 1.165) is 22.6 Å². The van der Waals surface area contributed by atoms with Gasteiger partial charge in [-0.3, -0.25) is 10.1 Å². The van der Waals surface area contributed by atoms with Crippen molar-refractivity contribution in [1.82, 2.24) is 10.2 Å². The predicted octanol–water partition coefficient (Wildman–Crippen LogP) is 5.42. The van der Waals surface area contributed by atoms with Gasteiger partial charge in [-0.25, -0.2) is 0 Å². The van der Waals surface area contributed by atoms with E-state index >= 15 is 0 Å². The normalized spacial score (nSPS) is 12.3. The highest BCUT2D eigenvalue weighted by Gasteiger charge is 2.13.